The van der Waals surface area contributed by atoms with E-state index in [2.05, 4.69) is 16.4 Å². The van der Waals surface area contributed by atoms with Gasteiger partial charge in [-0.3, -0.25) is 14.5 Å². The number of rotatable bonds is 0. The number of nitrogens with zero attached hydrogens (tertiary/aromatic N) is 2. The summed E-state index contributed by atoms with van der Waals surface area (Å²) in [6.45, 7) is 5.52. The van der Waals surface area contributed by atoms with Gasteiger partial charge in [0.1, 0.15) is 17.1 Å². The molecule has 38 heavy (non-hydrogen) atoms. The Balaban J connectivity index is 1.39. The molecule has 2 aromatic carbocycles. The molecule has 0 fully saturated rings. The number of guanidine groups is 1. The van der Waals surface area contributed by atoms with Gasteiger partial charge in [0, 0.05) is 42.6 Å². The molecule has 5 aliphatic heterocycles. The standard InChI is InChI=1S/C29H34N4O5/c1-29(2)15-22-20-12-17(5-7-25(20)38-29)16-36-10-3-4-19-14-26(34)33(28(30)31-19)23-9-11-37-24-8-6-18(13-21(23)24)27(35)32-22/h5-8,12-13,19,22-23H,3-4,9-11,14-16H2,1-2H3,(H2,30,31)(H,32,35)/t19?,22?,23-/m1/s1. The van der Waals surface area contributed by atoms with Crippen LogP contribution in [-0.2, 0) is 16.1 Å². The number of fused-ring (bicyclic) bond motifs is 6. The highest BCUT2D eigenvalue weighted by molar-refractivity contribution is 5.99. The molecule has 0 aliphatic carbocycles. The maximum Gasteiger partial charge on any atom is 0.251 e. The monoisotopic (exact) mass is 518 g/mol. The summed E-state index contributed by atoms with van der Waals surface area (Å²) in [6.07, 6.45) is 3.00. The highest BCUT2D eigenvalue weighted by Crippen LogP contribution is 2.41. The second-order valence-electron chi connectivity index (χ2n) is 11.2. The lowest BCUT2D eigenvalue weighted by atomic mass is 9.88. The quantitative estimate of drug-likeness (QED) is 0.549. The number of hydrogen-bond acceptors (Lipinski definition) is 7. The summed E-state index contributed by atoms with van der Waals surface area (Å²) >= 11 is 0. The third-order valence-corrected chi connectivity index (χ3v) is 7.76. The van der Waals surface area contributed by atoms with Crippen molar-refractivity contribution in [3.63, 3.8) is 0 Å². The zero-order chi connectivity index (χ0) is 26.4. The Morgan fingerprint density at radius 2 is 1.89 bits per heavy atom. The maximum atomic E-state index is 13.6. The van der Waals surface area contributed by atoms with Gasteiger partial charge in [0.15, 0.2) is 5.96 Å². The molecule has 0 saturated heterocycles. The van der Waals surface area contributed by atoms with E-state index in [1.165, 1.54) is 0 Å². The van der Waals surface area contributed by atoms with Gasteiger partial charge < -0.3 is 25.3 Å². The van der Waals surface area contributed by atoms with Crippen molar-refractivity contribution in [2.75, 3.05) is 13.2 Å². The molecule has 0 spiro atoms. The zero-order valence-electron chi connectivity index (χ0n) is 21.9. The summed E-state index contributed by atoms with van der Waals surface area (Å²) in [6, 6.07) is 10.7. The van der Waals surface area contributed by atoms with Crippen LogP contribution in [0.25, 0.3) is 0 Å². The molecule has 3 N–H and O–H groups in total. The molecule has 7 rings (SSSR count). The molecule has 5 aliphatic rings. The smallest absolute Gasteiger partial charge is 0.251 e. The molecule has 2 aromatic rings. The second-order valence-corrected chi connectivity index (χ2v) is 11.2. The van der Waals surface area contributed by atoms with Gasteiger partial charge in [-0.15, -0.1) is 0 Å². The van der Waals surface area contributed by atoms with Crippen LogP contribution in [0.15, 0.2) is 41.4 Å². The number of ether oxygens (including phenoxy) is 3. The van der Waals surface area contributed by atoms with Crippen LogP contribution in [0, 0.1) is 0 Å². The van der Waals surface area contributed by atoms with Gasteiger partial charge in [0.05, 0.1) is 31.3 Å². The molecule has 9 heteroatoms. The Labute approximate surface area is 222 Å². The first-order chi connectivity index (χ1) is 18.3. The first-order valence-electron chi connectivity index (χ1n) is 13.4. The van der Waals surface area contributed by atoms with Crippen LogP contribution >= 0.6 is 0 Å². The predicted octanol–water partition coefficient (Wildman–Crippen LogP) is 3.77. The summed E-state index contributed by atoms with van der Waals surface area (Å²) in [5.41, 5.74) is 9.17. The van der Waals surface area contributed by atoms with Crippen molar-refractivity contribution < 1.29 is 23.8 Å². The summed E-state index contributed by atoms with van der Waals surface area (Å²) < 4.78 is 18.1. The molecule has 0 saturated carbocycles. The molecule has 3 atom stereocenters. The molecule has 0 radical (unpaired) electrons. The largest absolute Gasteiger partial charge is 0.493 e. The lowest BCUT2D eigenvalue weighted by molar-refractivity contribution is -0.130. The summed E-state index contributed by atoms with van der Waals surface area (Å²) in [7, 11) is 0. The normalized spacial score (nSPS) is 26.6. The predicted molar refractivity (Wildman–Crippen MR) is 141 cm³/mol. The van der Waals surface area contributed by atoms with Crippen LogP contribution in [0.5, 0.6) is 11.5 Å². The van der Waals surface area contributed by atoms with Gasteiger partial charge in [0.2, 0.25) is 5.91 Å². The Morgan fingerprint density at radius 3 is 2.74 bits per heavy atom. The first-order valence-corrected chi connectivity index (χ1v) is 13.4. The topological polar surface area (TPSA) is 115 Å². The van der Waals surface area contributed by atoms with E-state index in [0.717, 1.165) is 35.3 Å². The van der Waals surface area contributed by atoms with Gasteiger partial charge in [-0.1, -0.05) is 6.07 Å². The van der Waals surface area contributed by atoms with Crippen LogP contribution in [0.4, 0.5) is 0 Å². The highest BCUT2D eigenvalue weighted by atomic mass is 16.5. The van der Waals surface area contributed by atoms with Crippen molar-refractivity contribution in [3.8, 4) is 11.5 Å². The first kappa shape index (κ1) is 24.7. The van der Waals surface area contributed by atoms with E-state index in [1.807, 2.05) is 32.0 Å². The van der Waals surface area contributed by atoms with Crippen molar-refractivity contribution >= 4 is 17.8 Å². The van der Waals surface area contributed by atoms with Crippen LogP contribution < -0.4 is 20.5 Å². The number of nitrogens with one attached hydrogen (secondary N) is 1. The van der Waals surface area contributed by atoms with E-state index in [-0.39, 0.29) is 35.9 Å². The van der Waals surface area contributed by atoms with E-state index in [4.69, 9.17) is 19.9 Å². The van der Waals surface area contributed by atoms with E-state index >= 15 is 0 Å². The summed E-state index contributed by atoms with van der Waals surface area (Å²) in [4.78, 5) is 33.1. The Kier molecular flexibility index (Phi) is 6.26. The van der Waals surface area contributed by atoms with Gasteiger partial charge >= 0.3 is 0 Å². The SMILES string of the molecule is CC1(C)CC2NC(=O)c3ccc4c(c3)[C@@H](CCO4)N3C(=O)CC(CCCOCc4ccc(c2c4)O1)N=C3N. The number of hydrogen-bond donors (Lipinski definition) is 2. The van der Waals surface area contributed by atoms with Gasteiger partial charge in [-0.2, -0.15) is 0 Å². The third kappa shape index (κ3) is 4.71. The molecule has 2 amide bonds. The van der Waals surface area contributed by atoms with E-state index < -0.39 is 5.60 Å². The van der Waals surface area contributed by atoms with Crippen LogP contribution in [-0.4, -0.2) is 47.5 Å². The fraction of sp³-hybridized carbons (Fsp3) is 0.483. The van der Waals surface area contributed by atoms with Crippen LogP contribution in [0.3, 0.4) is 0 Å². The second kappa shape index (κ2) is 9.62. The third-order valence-electron chi connectivity index (χ3n) is 7.76. The number of amides is 2. The average Bonchev–Trinajstić information content (AvgIpc) is 2.87. The minimum atomic E-state index is -0.434. The molecule has 6 bridgehead atoms. The minimum absolute atomic E-state index is 0.0537. The van der Waals surface area contributed by atoms with Crippen molar-refractivity contribution in [2.24, 2.45) is 10.7 Å². The molecule has 2 unspecified atom stereocenters. The fourth-order valence-electron chi connectivity index (χ4n) is 5.98. The van der Waals surface area contributed by atoms with Crippen molar-refractivity contribution in [1.29, 1.82) is 0 Å². The van der Waals surface area contributed by atoms with E-state index in [9.17, 15) is 9.59 Å². The number of carbonyl (C=O) groups excluding carboxylic acids is 2. The number of carbonyl (C=O) groups is 2. The summed E-state index contributed by atoms with van der Waals surface area (Å²) in [5, 5.41) is 3.24. The molecule has 200 valence electrons. The zero-order valence-corrected chi connectivity index (χ0v) is 21.9. The lowest BCUT2D eigenvalue weighted by Gasteiger charge is -2.38. The molecular weight excluding hydrogens is 484 g/mol. The average molecular weight is 519 g/mol. The molecular formula is C29H34N4O5. The van der Waals surface area contributed by atoms with E-state index in [1.54, 1.807) is 17.0 Å². The Hall–Kier alpha value is -3.59. The van der Waals surface area contributed by atoms with E-state index in [0.29, 0.717) is 50.4 Å². The van der Waals surface area contributed by atoms with Crippen molar-refractivity contribution in [3.05, 3.63) is 58.7 Å². The Bertz CT molecular complexity index is 1310. The van der Waals surface area contributed by atoms with Crippen LogP contribution in [0.1, 0.15) is 85.1 Å². The van der Waals surface area contributed by atoms with Gasteiger partial charge in [-0.25, -0.2) is 4.99 Å². The number of aliphatic imine (C=N–C) groups is 1. The van der Waals surface area contributed by atoms with Gasteiger partial charge in [-0.05, 0) is 62.6 Å². The van der Waals surface area contributed by atoms with Gasteiger partial charge in [0.25, 0.3) is 5.91 Å². The number of benzene rings is 2. The Morgan fingerprint density at radius 1 is 1.05 bits per heavy atom. The summed E-state index contributed by atoms with van der Waals surface area (Å²) in [5.74, 6) is 1.41. The fourth-order valence-corrected chi connectivity index (χ4v) is 5.98. The molecule has 5 heterocycles. The lowest BCUT2D eigenvalue weighted by Crippen LogP contribution is -2.50. The highest BCUT2D eigenvalue weighted by Gasteiger charge is 2.38. The molecule has 9 nitrogen and oxygen atoms in total. The number of nitrogens with two attached hydrogens (primary N) is 1. The maximum absolute atomic E-state index is 13.6. The van der Waals surface area contributed by atoms with Crippen molar-refractivity contribution in [2.45, 2.75) is 76.3 Å². The van der Waals surface area contributed by atoms with Crippen LogP contribution in [0.2, 0.25) is 0 Å². The minimum Gasteiger partial charge on any atom is -0.493 e. The molecule has 0 aromatic heterocycles. The van der Waals surface area contributed by atoms with Crippen molar-refractivity contribution in [1.82, 2.24) is 10.2 Å².